The number of hydrogen-bond donors (Lipinski definition) is 0. The van der Waals surface area contributed by atoms with Crippen LogP contribution in [-0.4, -0.2) is 19.4 Å². The van der Waals surface area contributed by atoms with E-state index in [2.05, 4.69) is 122 Å². The molecular weight excluding hydrogens is 585 g/mol. The van der Waals surface area contributed by atoms with Crippen LogP contribution in [0.2, 0.25) is 0 Å². The molecule has 1 unspecified atom stereocenters. The Labute approximate surface area is 283 Å². The van der Waals surface area contributed by atoms with Gasteiger partial charge in [0.25, 0.3) is 0 Å². The van der Waals surface area contributed by atoms with Crippen LogP contribution in [0.5, 0.6) is 0 Å². The van der Waals surface area contributed by atoms with Gasteiger partial charge in [-0.3, -0.25) is 0 Å². The van der Waals surface area contributed by atoms with Gasteiger partial charge in [-0.15, -0.1) is 0 Å². The highest BCUT2D eigenvalue weighted by Crippen LogP contribution is 2.53. The normalized spacial score (nSPS) is 21.2. The van der Waals surface area contributed by atoms with E-state index in [9.17, 15) is 0 Å². The van der Waals surface area contributed by atoms with Crippen LogP contribution >= 0.6 is 0 Å². The van der Waals surface area contributed by atoms with Crippen molar-refractivity contribution in [2.45, 2.75) is 118 Å². The third-order valence-electron chi connectivity index (χ3n) is 13.4. The summed E-state index contributed by atoms with van der Waals surface area (Å²) in [5, 5.41) is 8.52. The second kappa shape index (κ2) is 9.28. The summed E-state index contributed by atoms with van der Waals surface area (Å²) in [6, 6.07) is 11.8. The van der Waals surface area contributed by atoms with Crippen molar-refractivity contribution in [2.75, 3.05) is 0 Å². The molecule has 4 aromatic rings. The zero-order chi connectivity index (χ0) is 33.0. The average molecular weight is 633 g/mol. The molecular formula is C44H48N4+2. The smallest absolute Gasteiger partial charge is 0.199 e. The van der Waals surface area contributed by atoms with Crippen molar-refractivity contribution < 1.29 is 4.58 Å². The lowest BCUT2D eigenvalue weighted by atomic mass is 9.73. The maximum Gasteiger partial charge on any atom is 0.553 e. The molecule has 0 bridgehead atoms. The van der Waals surface area contributed by atoms with Gasteiger partial charge in [0.2, 0.25) is 22.5 Å². The molecule has 0 amide bonds. The second-order valence-electron chi connectivity index (χ2n) is 14.7. The van der Waals surface area contributed by atoms with Crippen molar-refractivity contribution in [1.29, 1.82) is 0 Å². The summed E-state index contributed by atoms with van der Waals surface area (Å²) in [5.74, 6) is -0.587. The van der Waals surface area contributed by atoms with Crippen molar-refractivity contribution in [2.24, 2.45) is 0 Å². The van der Waals surface area contributed by atoms with Crippen LogP contribution < -0.4 is 25.8 Å². The van der Waals surface area contributed by atoms with E-state index in [1.54, 1.807) is 0 Å². The monoisotopic (exact) mass is 632 g/mol. The number of fused-ring (bicyclic) bond motifs is 2. The molecule has 6 aliphatic rings. The molecule has 242 valence electrons. The van der Waals surface area contributed by atoms with Crippen molar-refractivity contribution >= 4 is 40.4 Å². The summed E-state index contributed by atoms with van der Waals surface area (Å²) < 4.78 is 11.4. The molecule has 2 aromatic carbocycles. The Balaban J connectivity index is 1.61. The molecule has 6 aliphatic heterocycles. The summed E-state index contributed by atoms with van der Waals surface area (Å²) in [6.45, 7) is 19.2. The Morgan fingerprint density at radius 1 is 0.625 bits per heavy atom. The number of allylic oxidation sites excluding steroid dienone is 2. The Kier molecular flexibility index (Phi) is 5.57. The van der Waals surface area contributed by atoms with Gasteiger partial charge in [-0.25, -0.2) is 0 Å². The molecule has 0 saturated heterocycles. The molecule has 0 radical (unpaired) electrons. The summed E-state index contributed by atoms with van der Waals surface area (Å²) in [5.41, 5.74) is 17.9. The molecule has 0 N–H and O–H groups in total. The molecule has 1 spiro atoms. The SMILES string of the molecule is CCC1=C(CC)C2=[N+]3C1=c1c4c(cc5ccccc15)C(CC)(CC)C1=Cc5c(CC)c(CC)c6n5C3(n3c(c(CC)c(CC)c3=C6)=C2)[N+]=41. The molecule has 4 nitrogen and oxygen atoms in total. The minimum Gasteiger partial charge on any atom is -0.199 e. The average Bonchev–Trinajstić information content (AvgIpc) is 3.81. The lowest BCUT2D eigenvalue weighted by Crippen LogP contribution is -2.74. The van der Waals surface area contributed by atoms with Crippen LogP contribution in [0.25, 0.3) is 34.7 Å². The van der Waals surface area contributed by atoms with Gasteiger partial charge in [0.15, 0.2) is 0 Å². The molecule has 48 heavy (non-hydrogen) atoms. The standard InChI is InChI=1S/C44H48N4/c1-9-26-27(10-2)36-23-37-30(13-5)31(14-6)41-40-32-20-18-17-19-25(32)21-33-42(40)48-39(43(33,15-7)16-8)24-38-29(12-4)28(11-3)35-22-34(26)45(36)44(48,46(35)38)47(37)41/h17-24H,9-16H2,1-8H3/q+2. The van der Waals surface area contributed by atoms with Gasteiger partial charge in [0.1, 0.15) is 5.22 Å². The Bertz CT molecular complexity index is 2590. The highest BCUT2D eigenvalue weighted by atomic mass is 15.6. The van der Waals surface area contributed by atoms with Gasteiger partial charge in [0, 0.05) is 34.2 Å². The van der Waals surface area contributed by atoms with Crippen molar-refractivity contribution in [1.82, 2.24) is 13.7 Å². The van der Waals surface area contributed by atoms with Crippen molar-refractivity contribution in [3.63, 3.8) is 0 Å². The van der Waals surface area contributed by atoms with Crippen LogP contribution in [0.4, 0.5) is 0 Å². The fourth-order valence-corrected chi connectivity index (χ4v) is 11.6. The maximum absolute atomic E-state index is 2.90. The minimum atomic E-state index is -0.587. The molecule has 0 saturated carbocycles. The number of rotatable bonds is 8. The third-order valence-corrected chi connectivity index (χ3v) is 13.4. The predicted molar refractivity (Wildman–Crippen MR) is 198 cm³/mol. The first kappa shape index (κ1) is 28.8. The molecule has 1 atom stereocenters. The molecule has 0 aliphatic carbocycles. The first-order valence-corrected chi connectivity index (χ1v) is 19.1. The van der Waals surface area contributed by atoms with E-state index in [4.69, 9.17) is 0 Å². The number of benzene rings is 2. The lowest BCUT2D eigenvalue weighted by molar-refractivity contribution is -0.589. The van der Waals surface area contributed by atoms with E-state index in [1.165, 1.54) is 99.5 Å². The lowest BCUT2D eigenvalue weighted by Gasteiger charge is -2.39. The van der Waals surface area contributed by atoms with Gasteiger partial charge >= 0.3 is 5.91 Å². The summed E-state index contributed by atoms with van der Waals surface area (Å²) in [7, 11) is 0. The van der Waals surface area contributed by atoms with Crippen molar-refractivity contribution in [3.8, 4) is 0 Å². The predicted octanol–water partition coefficient (Wildman–Crippen LogP) is 6.07. The zero-order valence-corrected chi connectivity index (χ0v) is 30.1. The topological polar surface area (TPSA) is 15.9 Å². The van der Waals surface area contributed by atoms with E-state index >= 15 is 0 Å². The quantitative estimate of drug-likeness (QED) is 0.210. The number of nitrogens with zero attached hydrogens (tertiary/aromatic N) is 4. The molecule has 2 aromatic heterocycles. The van der Waals surface area contributed by atoms with Gasteiger partial charge in [-0.1, -0.05) is 88.8 Å². The van der Waals surface area contributed by atoms with Crippen LogP contribution in [0.15, 0.2) is 47.2 Å². The molecule has 8 heterocycles. The van der Waals surface area contributed by atoms with Gasteiger partial charge in [-0.2, -0.15) is 9.13 Å². The van der Waals surface area contributed by atoms with Crippen molar-refractivity contribution in [3.05, 3.63) is 108 Å². The minimum absolute atomic E-state index is 0.0723. The number of hydrogen-bond acceptors (Lipinski definition) is 0. The van der Waals surface area contributed by atoms with Crippen LogP contribution in [-0.2, 0) is 37.0 Å². The highest BCUT2D eigenvalue weighted by molar-refractivity contribution is 6.22. The van der Waals surface area contributed by atoms with Crippen LogP contribution in [0.3, 0.4) is 0 Å². The Hall–Kier alpha value is -4.18. The maximum atomic E-state index is 2.90. The largest absolute Gasteiger partial charge is 0.553 e. The van der Waals surface area contributed by atoms with E-state index in [0.717, 1.165) is 51.4 Å². The van der Waals surface area contributed by atoms with Crippen LogP contribution in [0.1, 0.15) is 120 Å². The summed E-state index contributed by atoms with van der Waals surface area (Å²) in [6.07, 6.45) is 16.2. The summed E-state index contributed by atoms with van der Waals surface area (Å²) in [4.78, 5) is 0. The third kappa shape index (κ3) is 2.69. The van der Waals surface area contributed by atoms with E-state index in [1.807, 2.05) is 0 Å². The van der Waals surface area contributed by atoms with Crippen LogP contribution in [0, 0.1) is 0 Å². The first-order chi connectivity index (χ1) is 23.5. The van der Waals surface area contributed by atoms with E-state index < -0.39 is 5.91 Å². The van der Waals surface area contributed by atoms with E-state index in [-0.39, 0.29) is 5.41 Å². The first-order valence-electron chi connectivity index (χ1n) is 19.1. The van der Waals surface area contributed by atoms with Gasteiger partial charge in [0.05, 0.1) is 27.5 Å². The second-order valence-corrected chi connectivity index (χ2v) is 14.7. The van der Waals surface area contributed by atoms with E-state index in [0.29, 0.717) is 0 Å². The van der Waals surface area contributed by atoms with Gasteiger partial charge in [-0.05, 0) is 91.1 Å². The summed E-state index contributed by atoms with van der Waals surface area (Å²) >= 11 is 0. The fraction of sp³-hybridized carbons (Fsp3) is 0.409. The number of aromatic nitrogens is 2. The fourth-order valence-electron chi connectivity index (χ4n) is 11.6. The molecule has 4 heteroatoms. The zero-order valence-electron chi connectivity index (χ0n) is 30.1. The molecule has 10 rings (SSSR count). The highest BCUT2D eigenvalue weighted by Gasteiger charge is 2.74. The van der Waals surface area contributed by atoms with Gasteiger partial charge < -0.3 is 0 Å². The Morgan fingerprint density at radius 3 is 1.88 bits per heavy atom. The molecule has 0 fully saturated rings. The Morgan fingerprint density at radius 2 is 1.25 bits per heavy atom.